The van der Waals surface area contributed by atoms with E-state index in [9.17, 15) is 18.0 Å². The fraction of sp³-hybridized carbons (Fsp3) is 0.300. The highest BCUT2D eigenvalue weighted by Crippen LogP contribution is 2.22. The van der Waals surface area contributed by atoms with E-state index in [4.69, 9.17) is 9.47 Å². The molecule has 150 valence electrons. The molecule has 8 heteroatoms. The SMILES string of the molecule is CCN(CC)S(=O)(=O)c1ccc(C(=O)OC(C(=O)OC)c2ccccc2)cc1. The number of rotatable bonds is 8. The number of carbonyl (C=O) groups is 2. The van der Waals surface area contributed by atoms with Crippen LogP contribution in [0.5, 0.6) is 0 Å². The first-order valence-electron chi connectivity index (χ1n) is 8.79. The lowest BCUT2D eigenvalue weighted by molar-refractivity contribution is -0.151. The first kappa shape index (κ1) is 21.6. The van der Waals surface area contributed by atoms with Crippen LogP contribution in [0.15, 0.2) is 59.5 Å². The van der Waals surface area contributed by atoms with Crippen molar-refractivity contribution in [2.45, 2.75) is 24.8 Å². The van der Waals surface area contributed by atoms with E-state index >= 15 is 0 Å². The van der Waals surface area contributed by atoms with Crippen molar-refractivity contribution in [2.75, 3.05) is 20.2 Å². The smallest absolute Gasteiger partial charge is 0.351 e. The lowest BCUT2D eigenvalue weighted by Gasteiger charge is -2.19. The second-order valence-corrected chi connectivity index (χ2v) is 7.77. The number of esters is 2. The summed E-state index contributed by atoms with van der Waals surface area (Å²) < 4.78 is 36.4. The highest BCUT2D eigenvalue weighted by atomic mass is 32.2. The summed E-state index contributed by atoms with van der Waals surface area (Å²) in [6, 6.07) is 13.9. The van der Waals surface area contributed by atoms with Gasteiger partial charge in [0.2, 0.25) is 16.1 Å². The van der Waals surface area contributed by atoms with Crippen LogP contribution in [0, 0.1) is 0 Å². The molecule has 28 heavy (non-hydrogen) atoms. The van der Waals surface area contributed by atoms with E-state index in [1.807, 2.05) is 0 Å². The van der Waals surface area contributed by atoms with Gasteiger partial charge in [-0.3, -0.25) is 0 Å². The second-order valence-electron chi connectivity index (χ2n) is 5.83. The molecule has 1 atom stereocenters. The number of hydrogen-bond donors (Lipinski definition) is 0. The largest absolute Gasteiger partial charge is 0.466 e. The van der Waals surface area contributed by atoms with Crippen LogP contribution in [0.25, 0.3) is 0 Å². The Morgan fingerprint density at radius 3 is 2.04 bits per heavy atom. The molecule has 0 saturated carbocycles. The average molecular weight is 405 g/mol. The minimum atomic E-state index is -3.62. The van der Waals surface area contributed by atoms with Crippen LogP contribution in [0.1, 0.15) is 35.9 Å². The summed E-state index contributed by atoms with van der Waals surface area (Å²) in [5.41, 5.74) is 0.603. The predicted octanol–water partition coefficient (Wildman–Crippen LogP) is 2.79. The highest BCUT2D eigenvalue weighted by Gasteiger charge is 2.27. The van der Waals surface area contributed by atoms with Crippen LogP contribution in [-0.4, -0.2) is 44.9 Å². The second kappa shape index (κ2) is 9.48. The zero-order chi connectivity index (χ0) is 20.7. The van der Waals surface area contributed by atoms with E-state index < -0.39 is 28.1 Å². The van der Waals surface area contributed by atoms with Crippen molar-refractivity contribution >= 4 is 22.0 Å². The normalized spacial score (nSPS) is 12.4. The van der Waals surface area contributed by atoms with Crippen LogP contribution in [-0.2, 0) is 24.3 Å². The maximum absolute atomic E-state index is 12.5. The summed E-state index contributed by atoms with van der Waals surface area (Å²) in [6.45, 7) is 4.20. The first-order valence-corrected chi connectivity index (χ1v) is 10.2. The number of benzene rings is 2. The van der Waals surface area contributed by atoms with Gasteiger partial charge in [0.1, 0.15) is 0 Å². The van der Waals surface area contributed by atoms with E-state index in [0.29, 0.717) is 18.7 Å². The molecule has 0 aliphatic carbocycles. The molecule has 0 heterocycles. The minimum Gasteiger partial charge on any atom is -0.466 e. The Bertz CT molecular complexity index is 905. The molecule has 0 spiro atoms. The molecular formula is C20H23NO6S. The topological polar surface area (TPSA) is 90.0 Å². The number of ether oxygens (including phenoxy) is 2. The Kier molecular flexibility index (Phi) is 7.31. The third-order valence-electron chi connectivity index (χ3n) is 4.18. The van der Waals surface area contributed by atoms with Gasteiger partial charge in [-0.2, -0.15) is 4.31 Å². The summed E-state index contributed by atoms with van der Waals surface area (Å²) in [6.07, 6.45) is -1.21. The molecule has 0 radical (unpaired) electrons. The van der Waals surface area contributed by atoms with Gasteiger partial charge >= 0.3 is 11.9 Å². The van der Waals surface area contributed by atoms with Gasteiger partial charge in [-0.1, -0.05) is 44.2 Å². The quantitative estimate of drug-likeness (QED) is 0.628. The minimum absolute atomic E-state index is 0.0836. The van der Waals surface area contributed by atoms with Crippen molar-refractivity contribution < 1.29 is 27.5 Å². The highest BCUT2D eigenvalue weighted by molar-refractivity contribution is 7.89. The maximum atomic E-state index is 12.5. The molecule has 0 aliphatic heterocycles. The van der Waals surface area contributed by atoms with Crippen LogP contribution in [0.3, 0.4) is 0 Å². The Labute approximate surface area is 164 Å². The van der Waals surface area contributed by atoms with E-state index in [2.05, 4.69) is 0 Å². The molecule has 0 aromatic heterocycles. The maximum Gasteiger partial charge on any atom is 0.351 e. The molecular weight excluding hydrogens is 382 g/mol. The van der Waals surface area contributed by atoms with Crippen molar-refractivity contribution in [2.24, 2.45) is 0 Å². The van der Waals surface area contributed by atoms with Gasteiger partial charge in [0, 0.05) is 18.7 Å². The van der Waals surface area contributed by atoms with Gasteiger partial charge in [0.25, 0.3) is 0 Å². The lowest BCUT2D eigenvalue weighted by atomic mass is 10.1. The Morgan fingerprint density at radius 2 is 1.54 bits per heavy atom. The van der Waals surface area contributed by atoms with E-state index in [0.717, 1.165) is 0 Å². The van der Waals surface area contributed by atoms with Crippen LogP contribution in [0.2, 0.25) is 0 Å². The Hall–Kier alpha value is -2.71. The summed E-state index contributed by atoms with van der Waals surface area (Å²) in [5.74, 6) is -1.47. The van der Waals surface area contributed by atoms with Gasteiger partial charge in [0.05, 0.1) is 17.6 Å². The third-order valence-corrected chi connectivity index (χ3v) is 6.24. The van der Waals surface area contributed by atoms with Crippen LogP contribution in [0.4, 0.5) is 0 Å². The van der Waals surface area contributed by atoms with E-state index in [-0.39, 0.29) is 10.5 Å². The fourth-order valence-electron chi connectivity index (χ4n) is 2.64. The lowest BCUT2D eigenvalue weighted by Crippen LogP contribution is -2.30. The van der Waals surface area contributed by atoms with E-state index in [1.54, 1.807) is 44.2 Å². The van der Waals surface area contributed by atoms with Crippen LogP contribution < -0.4 is 0 Å². The van der Waals surface area contributed by atoms with Crippen molar-refractivity contribution in [1.82, 2.24) is 4.31 Å². The molecule has 2 rings (SSSR count). The summed E-state index contributed by atoms with van der Waals surface area (Å²) in [7, 11) is -2.41. The third kappa shape index (κ3) is 4.76. The van der Waals surface area contributed by atoms with Crippen molar-refractivity contribution in [3.8, 4) is 0 Å². The number of hydrogen-bond acceptors (Lipinski definition) is 6. The van der Waals surface area contributed by atoms with E-state index in [1.165, 1.54) is 35.7 Å². The number of sulfonamides is 1. The molecule has 2 aromatic carbocycles. The molecule has 2 aromatic rings. The van der Waals surface area contributed by atoms with Gasteiger partial charge < -0.3 is 9.47 Å². The molecule has 0 aliphatic rings. The fourth-order valence-corrected chi connectivity index (χ4v) is 4.10. The van der Waals surface area contributed by atoms with Crippen LogP contribution >= 0.6 is 0 Å². The number of nitrogens with zero attached hydrogens (tertiary/aromatic N) is 1. The Balaban J connectivity index is 2.23. The molecule has 1 unspecified atom stereocenters. The van der Waals surface area contributed by atoms with Gasteiger partial charge in [0.15, 0.2) is 0 Å². The standard InChI is InChI=1S/C20H23NO6S/c1-4-21(5-2)28(24,25)17-13-11-16(12-14-17)19(22)27-18(20(23)26-3)15-9-7-6-8-10-15/h6-14,18H,4-5H2,1-3H3. The molecule has 0 fully saturated rings. The Morgan fingerprint density at radius 1 is 0.964 bits per heavy atom. The molecule has 0 saturated heterocycles. The molecule has 0 bridgehead atoms. The van der Waals surface area contributed by atoms with Crippen molar-refractivity contribution in [3.05, 3.63) is 65.7 Å². The molecule has 0 amide bonds. The van der Waals surface area contributed by atoms with Gasteiger partial charge in [-0.05, 0) is 24.3 Å². The number of methoxy groups -OCH3 is 1. The molecule has 0 N–H and O–H groups in total. The van der Waals surface area contributed by atoms with Gasteiger partial charge in [-0.15, -0.1) is 0 Å². The summed E-state index contributed by atoms with van der Waals surface area (Å²) >= 11 is 0. The molecule has 7 nitrogen and oxygen atoms in total. The van der Waals surface area contributed by atoms with Gasteiger partial charge in [-0.25, -0.2) is 18.0 Å². The first-order chi connectivity index (χ1) is 13.3. The zero-order valence-corrected chi connectivity index (χ0v) is 16.8. The predicted molar refractivity (Wildman–Crippen MR) is 103 cm³/mol. The summed E-state index contributed by atoms with van der Waals surface area (Å²) in [5, 5.41) is 0. The average Bonchev–Trinajstić information content (AvgIpc) is 2.72. The summed E-state index contributed by atoms with van der Waals surface area (Å²) in [4.78, 5) is 24.6. The van der Waals surface area contributed by atoms with Crippen molar-refractivity contribution in [3.63, 3.8) is 0 Å². The monoisotopic (exact) mass is 405 g/mol. The number of carbonyl (C=O) groups excluding carboxylic acids is 2. The zero-order valence-electron chi connectivity index (χ0n) is 16.0. The van der Waals surface area contributed by atoms with Crippen molar-refractivity contribution in [1.29, 1.82) is 0 Å².